The van der Waals surface area contributed by atoms with Gasteiger partial charge in [0.05, 0.1) is 6.61 Å². The van der Waals surface area contributed by atoms with Crippen molar-refractivity contribution in [2.75, 3.05) is 52.9 Å². The van der Waals surface area contributed by atoms with Gasteiger partial charge < -0.3 is 25.2 Å². The van der Waals surface area contributed by atoms with Crippen molar-refractivity contribution in [3.63, 3.8) is 0 Å². The first kappa shape index (κ1) is 25.7. The maximum Gasteiger partial charge on any atom is 0.409 e. The zero-order chi connectivity index (χ0) is 21.2. The molecule has 2 fully saturated rings. The van der Waals surface area contributed by atoms with Crippen LogP contribution >= 0.6 is 24.0 Å². The third kappa shape index (κ3) is 8.48. The van der Waals surface area contributed by atoms with Crippen LogP contribution in [0.1, 0.15) is 31.7 Å². The van der Waals surface area contributed by atoms with Crippen LogP contribution < -0.4 is 10.6 Å². The van der Waals surface area contributed by atoms with Crippen molar-refractivity contribution in [3.05, 3.63) is 35.9 Å². The predicted molar refractivity (Wildman–Crippen MR) is 136 cm³/mol. The zero-order valence-corrected chi connectivity index (χ0v) is 21.2. The first-order chi connectivity index (χ1) is 14.7. The number of carbonyl (C=O) groups excluding carboxylic acids is 1. The molecule has 0 radical (unpaired) electrons. The monoisotopic (exact) mass is 543 g/mol. The summed E-state index contributed by atoms with van der Waals surface area (Å²) in [6, 6.07) is 11.1. The third-order valence-corrected chi connectivity index (χ3v) is 6.07. The molecule has 0 spiro atoms. The molecule has 2 N–H and O–H groups in total. The maximum atomic E-state index is 11.8. The Kier molecular flexibility index (Phi) is 11.4. The zero-order valence-electron chi connectivity index (χ0n) is 18.9. The van der Waals surface area contributed by atoms with E-state index < -0.39 is 0 Å². The molecule has 1 aromatic rings. The standard InChI is InChI=1S/C23H37N5O2.HI/c1-3-30-23(29)28-15-11-21(12-16-28)26-22(24-2)25-17-20-10-14-27(18-20)13-9-19-7-5-4-6-8-19;/h4-8,20-21H,3,9-18H2,1-2H3,(H2,24,25,26);1H. The second kappa shape index (κ2) is 13.8. The van der Waals surface area contributed by atoms with Crippen molar-refractivity contribution < 1.29 is 9.53 Å². The molecule has 1 aromatic carbocycles. The van der Waals surface area contributed by atoms with Gasteiger partial charge >= 0.3 is 6.09 Å². The molecule has 2 aliphatic rings. The van der Waals surface area contributed by atoms with E-state index in [1.165, 1.54) is 18.5 Å². The fourth-order valence-corrected chi connectivity index (χ4v) is 4.26. The van der Waals surface area contributed by atoms with Gasteiger partial charge in [0.25, 0.3) is 0 Å². The lowest BCUT2D eigenvalue weighted by Crippen LogP contribution is -2.50. The number of benzene rings is 1. The molecule has 1 amide bonds. The van der Waals surface area contributed by atoms with Crippen molar-refractivity contribution in [2.24, 2.45) is 10.9 Å². The van der Waals surface area contributed by atoms with Gasteiger partial charge in [0.15, 0.2) is 5.96 Å². The number of hydrogen-bond acceptors (Lipinski definition) is 4. The highest BCUT2D eigenvalue weighted by molar-refractivity contribution is 14.0. The quantitative estimate of drug-likeness (QED) is 0.315. The van der Waals surface area contributed by atoms with Gasteiger partial charge in [-0.1, -0.05) is 30.3 Å². The summed E-state index contributed by atoms with van der Waals surface area (Å²) in [6.07, 6.45) is 3.98. The number of nitrogens with zero attached hydrogens (tertiary/aromatic N) is 3. The topological polar surface area (TPSA) is 69.2 Å². The van der Waals surface area contributed by atoms with Gasteiger partial charge in [-0.25, -0.2) is 4.79 Å². The second-order valence-corrected chi connectivity index (χ2v) is 8.25. The van der Waals surface area contributed by atoms with E-state index in [1.807, 2.05) is 14.0 Å². The number of halogens is 1. The molecule has 7 nitrogen and oxygen atoms in total. The number of amides is 1. The lowest BCUT2D eigenvalue weighted by atomic mass is 10.1. The lowest BCUT2D eigenvalue weighted by Gasteiger charge is -2.32. The Bertz CT molecular complexity index is 680. The minimum absolute atomic E-state index is 0. The fraction of sp³-hybridized carbons (Fsp3) is 0.652. The minimum Gasteiger partial charge on any atom is -0.450 e. The molecule has 3 rings (SSSR count). The average molecular weight is 543 g/mol. The number of carbonyl (C=O) groups is 1. The third-order valence-electron chi connectivity index (χ3n) is 6.07. The molecule has 8 heteroatoms. The summed E-state index contributed by atoms with van der Waals surface area (Å²) in [4.78, 5) is 20.6. The molecule has 1 atom stereocenters. The van der Waals surface area contributed by atoms with Crippen LogP contribution in [0.3, 0.4) is 0 Å². The number of likely N-dealkylation sites (tertiary alicyclic amines) is 2. The van der Waals surface area contributed by atoms with Crippen LogP contribution in [-0.4, -0.2) is 80.8 Å². The van der Waals surface area contributed by atoms with Gasteiger partial charge in [0, 0.05) is 45.8 Å². The van der Waals surface area contributed by atoms with Crippen molar-refractivity contribution in [1.29, 1.82) is 0 Å². The SMILES string of the molecule is CCOC(=O)N1CCC(NC(=NC)NCC2CCN(CCc3ccccc3)C2)CC1.I. The van der Waals surface area contributed by atoms with Crippen LogP contribution in [0.5, 0.6) is 0 Å². The van der Waals surface area contributed by atoms with E-state index in [0.717, 1.165) is 57.9 Å². The summed E-state index contributed by atoms with van der Waals surface area (Å²) in [6.45, 7) is 8.13. The van der Waals surface area contributed by atoms with E-state index in [0.29, 0.717) is 18.6 Å². The molecule has 1 unspecified atom stereocenters. The molecule has 0 saturated carbocycles. The summed E-state index contributed by atoms with van der Waals surface area (Å²) >= 11 is 0. The van der Waals surface area contributed by atoms with Gasteiger partial charge in [-0.2, -0.15) is 0 Å². The molecule has 2 saturated heterocycles. The van der Waals surface area contributed by atoms with Crippen LogP contribution in [0.15, 0.2) is 35.3 Å². The molecular formula is C23H38IN5O2. The highest BCUT2D eigenvalue weighted by Crippen LogP contribution is 2.16. The van der Waals surface area contributed by atoms with E-state index >= 15 is 0 Å². The molecule has 174 valence electrons. The van der Waals surface area contributed by atoms with Crippen LogP contribution in [0, 0.1) is 5.92 Å². The number of nitrogens with one attached hydrogen (secondary N) is 2. The number of aliphatic imine (C=N–C) groups is 1. The molecule has 2 aliphatic heterocycles. The Morgan fingerprint density at radius 3 is 2.58 bits per heavy atom. The number of guanidine groups is 1. The van der Waals surface area contributed by atoms with Gasteiger partial charge in [0.2, 0.25) is 0 Å². The summed E-state index contributed by atoms with van der Waals surface area (Å²) in [7, 11) is 1.82. The molecule has 0 bridgehead atoms. The lowest BCUT2D eigenvalue weighted by molar-refractivity contribution is 0.0963. The molecule has 0 aliphatic carbocycles. The van der Waals surface area contributed by atoms with Crippen molar-refractivity contribution in [3.8, 4) is 0 Å². The molecular weight excluding hydrogens is 505 g/mol. The molecule has 2 heterocycles. The smallest absolute Gasteiger partial charge is 0.409 e. The Hall–Kier alpha value is -1.55. The van der Waals surface area contributed by atoms with E-state index in [1.54, 1.807) is 4.90 Å². The number of piperidine rings is 1. The van der Waals surface area contributed by atoms with Crippen LogP contribution in [0.2, 0.25) is 0 Å². The van der Waals surface area contributed by atoms with E-state index in [2.05, 4.69) is 50.9 Å². The first-order valence-corrected chi connectivity index (χ1v) is 11.3. The van der Waals surface area contributed by atoms with Gasteiger partial charge in [0.1, 0.15) is 0 Å². The summed E-state index contributed by atoms with van der Waals surface area (Å²) in [5.74, 6) is 1.53. The van der Waals surface area contributed by atoms with Gasteiger partial charge in [-0.3, -0.25) is 4.99 Å². The number of hydrogen-bond donors (Lipinski definition) is 2. The maximum absolute atomic E-state index is 11.8. The van der Waals surface area contributed by atoms with E-state index in [4.69, 9.17) is 4.74 Å². The van der Waals surface area contributed by atoms with Crippen LogP contribution in [0.25, 0.3) is 0 Å². The Labute approximate surface area is 204 Å². The van der Waals surface area contributed by atoms with E-state index in [9.17, 15) is 4.79 Å². The molecule has 31 heavy (non-hydrogen) atoms. The highest BCUT2D eigenvalue weighted by atomic mass is 127. The van der Waals surface area contributed by atoms with Crippen molar-refractivity contribution in [1.82, 2.24) is 20.4 Å². The highest BCUT2D eigenvalue weighted by Gasteiger charge is 2.25. The summed E-state index contributed by atoms with van der Waals surface area (Å²) in [5, 5.41) is 7.04. The van der Waals surface area contributed by atoms with E-state index in [-0.39, 0.29) is 30.1 Å². The largest absolute Gasteiger partial charge is 0.450 e. The van der Waals surface area contributed by atoms with Gasteiger partial charge in [-0.05, 0) is 50.6 Å². The Balaban J connectivity index is 0.00000341. The Morgan fingerprint density at radius 2 is 1.90 bits per heavy atom. The van der Waals surface area contributed by atoms with Crippen LogP contribution in [-0.2, 0) is 11.2 Å². The normalized spacial score (nSPS) is 20.3. The fourth-order valence-electron chi connectivity index (χ4n) is 4.26. The predicted octanol–water partition coefficient (Wildman–Crippen LogP) is 2.95. The number of rotatable bonds is 7. The second-order valence-electron chi connectivity index (χ2n) is 8.25. The molecule has 0 aromatic heterocycles. The minimum atomic E-state index is -0.198. The van der Waals surface area contributed by atoms with Gasteiger partial charge in [-0.15, -0.1) is 24.0 Å². The van der Waals surface area contributed by atoms with Crippen molar-refractivity contribution >= 4 is 36.0 Å². The summed E-state index contributed by atoms with van der Waals surface area (Å²) < 4.78 is 5.09. The number of ether oxygens (including phenoxy) is 1. The average Bonchev–Trinajstić information content (AvgIpc) is 3.24. The van der Waals surface area contributed by atoms with Crippen molar-refractivity contribution in [2.45, 2.75) is 38.6 Å². The van der Waals surface area contributed by atoms with Crippen LogP contribution in [0.4, 0.5) is 4.79 Å². The first-order valence-electron chi connectivity index (χ1n) is 11.3. The Morgan fingerprint density at radius 1 is 1.16 bits per heavy atom. The summed E-state index contributed by atoms with van der Waals surface area (Å²) in [5.41, 5.74) is 1.41.